The van der Waals surface area contributed by atoms with E-state index < -0.39 is 0 Å². The molecule has 0 saturated heterocycles. The van der Waals surface area contributed by atoms with Crippen LogP contribution in [0.1, 0.15) is 5.56 Å². The number of fused-ring (bicyclic) bond motifs is 9. The maximum absolute atomic E-state index is 10.8. The highest BCUT2D eigenvalue weighted by molar-refractivity contribution is 6.13. The van der Waals surface area contributed by atoms with E-state index in [0.29, 0.717) is 11.3 Å². The molecule has 8 aromatic carbocycles. The van der Waals surface area contributed by atoms with Gasteiger partial charge in [-0.15, -0.1) is 0 Å². The number of nitriles is 1. The largest absolute Gasteiger partial charge is 0.310 e. The third kappa shape index (κ3) is 4.45. The molecule has 0 aliphatic carbocycles. The van der Waals surface area contributed by atoms with E-state index in [0.717, 1.165) is 71.8 Å². The molecular formula is C50H29N5. The summed E-state index contributed by atoms with van der Waals surface area (Å²) in [7, 11) is 0. The lowest BCUT2D eigenvalue weighted by Crippen LogP contribution is -2.00. The highest BCUT2D eigenvalue weighted by atomic mass is 15.0. The SMILES string of the molecule is [C-]#[N+]c1ccc2c3ccccc3n(-c3ccccc3-c3ccc(-n4c5ccccc5c5cc(-n6c7ccccc7c7ccccc76)ccc54)c(C#N)c3)c2c1. The zero-order chi connectivity index (χ0) is 36.6. The average Bonchev–Trinajstić information content (AvgIpc) is 3.88. The number of hydrogen-bond donors (Lipinski definition) is 0. The molecular weight excluding hydrogens is 671 g/mol. The molecule has 0 spiro atoms. The average molecular weight is 700 g/mol. The van der Waals surface area contributed by atoms with Gasteiger partial charge < -0.3 is 13.7 Å². The third-order valence-corrected chi connectivity index (χ3v) is 11.1. The molecule has 55 heavy (non-hydrogen) atoms. The first-order valence-electron chi connectivity index (χ1n) is 18.3. The van der Waals surface area contributed by atoms with Crippen LogP contribution in [0, 0.1) is 17.9 Å². The van der Waals surface area contributed by atoms with Gasteiger partial charge in [0.2, 0.25) is 0 Å². The molecule has 0 bridgehead atoms. The summed E-state index contributed by atoms with van der Waals surface area (Å²) in [5.41, 5.74) is 12.5. The van der Waals surface area contributed by atoms with Gasteiger partial charge in [0.05, 0.1) is 51.1 Å². The van der Waals surface area contributed by atoms with Gasteiger partial charge in [-0.25, -0.2) is 4.85 Å². The van der Waals surface area contributed by atoms with Crippen molar-refractivity contribution in [1.29, 1.82) is 5.26 Å². The van der Waals surface area contributed by atoms with Crippen molar-refractivity contribution in [1.82, 2.24) is 13.7 Å². The molecule has 0 unspecified atom stereocenters. The van der Waals surface area contributed by atoms with Crippen LogP contribution in [0.3, 0.4) is 0 Å². The minimum atomic E-state index is 0.582. The Morgan fingerprint density at radius 3 is 1.58 bits per heavy atom. The first kappa shape index (κ1) is 30.7. The molecule has 0 aliphatic heterocycles. The molecule has 3 heterocycles. The second kappa shape index (κ2) is 11.8. The topological polar surface area (TPSA) is 42.9 Å². The van der Waals surface area contributed by atoms with Crippen LogP contribution >= 0.6 is 0 Å². The highest BCUT2D eigenvalue weighted by Gasteiger charge is 2.20. The van der Waals surface area contributed by atoms with Crippen LogP contribution in [0.15, 0.2) is 176 Å². The van der Waals surface area contributed by atoms with Gasteiger partial charge in [-0.3, -0.25) is 0 Å². The van der Waals surface area contributed by atoms with Crippen LogP contribution < -0.4 is 0 Å². The number of nitrogens with zero attached hydrogens (tertiary/aromatic N) is 5. The summed E-state index contributed by atoms with van der Waals surface area (Å²) in [5, 5.41) is 17.7. The molecule has 11 rings (SSSR count). The van der Waals surface area contributed by atoms with Gasteiger partial charge in [0.15, 0.2) is 5.69 Å². The maximum Gasteiger partial charge on any atom is 0.189 e. The van der Waals surface area contributed by atoms with Gasteiger partial charge in [-0.1, -0.05) is 109 Å². The van der Waals surface area contributed by atoms with Crippen molar-refractivity contribution in [2.45, 2.75) is 0 Å². The second-order valence-corrected chi connectivity index (χ2v) is 14.0. The van der Waals surface area contributed by atoms with Gasteiger partial charge in [-0.05, 0) is 72.3 Å². The fourth-order valence-corrected chi connectivity index (χ4v) is 8.75. The molecule has 0 aliphatic rings. The zero-order valence-corrected chi connectivity index (χ0v) is 29.5. The smallest absolute Gasteiger partial charge is 0.189 e. The minimum absolute atomic E-state index is 0.582. The number of hydrogen-bond acceptors (Lipinski definition) is 1. The normalized spacial score (nSPS) is 11.6. The summed E-state index contributed by atoms with van der Waals surface area (Å²) >= 11 is 0. The number of rotatable bonds is 4. The van der Waals surface area contributed by atoms with Crippen LogP contribution in [0.4, 0.5) is 5.69 Å². The van der Waals surface area contributed by atoms with Crippen molar-refractivity contribution in [3.8, 4) is 34.3 Å². The Bertz CT molecular complexity index is 3420. The van der Waals surface area contributed by atoms with Gasteiger partial charge in [0.25, 0.3) is 0 Å². The fraction of sp³-hybridized carbons (Fsp3) is 0. The van der Waals surface area contributed by atoms with E-state index in [4.69, 9.17) is 6.57 Å². The molecule has 0 N–H and O–H groups in total. The Kier molecular flexibility index (Phi) is 6.61. The lowest BCUT2D eigenvalue weighted by Gasteiger charge is -2.16. The van der Waals surface area contributed by atoms with Gasteiger partial charge in [0, 0.05) is 49.1 Å². The Labute approximate surface area is 316 Å². The van der Waals surface area contributed by atoms with E-state index in [-0.39, 0.29) is 0 Å². The van der Waals surface area contributed by atoms with E-state index in [1.165, 1.54) is 21.8 Å². The van der Waals surface area contributed by atoms with Crippen molar-refractivity contribution in [2.24, 2.45) is 0 Å². The monoisotopic (exact) mass is 699 g/mol. The minimum Gasteiger partial charge on any atom is -0.310 e. The molecule has 5 nitrogen and oxygen atoms in total. The van der Waals surface area contributed by atoms with E-state index >= 15 is 0 Å². The Morgan fingerprint density at radius 2 is 0.945 bits per heavy atom. The molecule has 0 atom stereocenters. The quantitative estimate of drug-likeness (QED) is 0.169. The zero-order valence-electron chi connectivity index (χ0n) is 29.5. The molecule has 0 saturated carbocycles. The predicted octanol–water partition coefficient (Wildman–Crippen LogP) is 13.1. The number of benzene rings is 8. The molecule has 3 aromatic heterocycles. The van der Waals surface area contributed by atoms with Crippen LogP contribution in [0.2, 0.25) is 0 Å². The van der Waals surface area contributed by atoms with Gasteiger partial charge in [-0.2, -0.15) is 5.26 Å². The maximum atomic E-state index is 10.8. The van der Waals surface area contributed by atoms with Crippen LogP contribution in [0.5, 0.6) is 0 Å². The standard InChI is InChI=1S/C50H29N5/c1-52-34-23-25-41-39-15-5-10-20-47(39)55(50(41)29-34)44-17-7-2-12-36(44)32-22-26-43(33(28-32)31-51)54-48-21-11-6-16-40(48)42-30-35(24-27-49(42)54)53-45-18-8-3-13-37(45)38-14-4-9-19-46(38)53/h2-30H. The van der Waals surface area contributed by atoms with Crippen molar-refractivity contribution >= 4 is 71.1 Å². The van der Waals surface area contributed by atoms with Crippen LogP contribution in [0.25, 0.3) is 98.5 Å². The second-order valence-electron chi connectivity index (χ2n) is 14.0. The summed E-state index contributed by atoms with van der Waals surface area (Å²) < 4.78 is 6.83. The third-order valence-electron chi connectivity index (χ3n) is 11.1. The summed E-state index contributed by atoms with van der Waals surface area (Å²) in [4.78, 5) is 3.74. The summed E-state index contributed by atoms with van der Waals surface area (Å²) in [6.45, 7) is 7.71. The van der Waals surface area contributed by atoms with Crippen molar-refractivity contribution < 1.29 is 0 Å². The fourth-order valence-electron chi connectivity index (χ4n) is 8.75. The molecule has 254 valence electrons. The van der Waals surface area contributed by atoms with E-state index in [9.17, 15) is 5.26 Å². The lowest BCUT2D eigenvalue weighted by atomic mass is 10.00. The van der Waals surface area contributed by atoms with E-state index in [1.807, 2.05) is 36.4 Å². The molecule has 0 amide bonds. The van der Waals surface area contributed by atoms with Crippen LogP contribution in [-0.2, 0) is 0 Å². The van der Waals surface area contributed by atoms with Crippen molar-refractivity contribution in [3.05, 3.63) is 193 Å². The number of aromatic nitrogens is 3. The van der Waals surface area contributed by atoms with Crippen molar-refractivity contribution in [3.63, 3.8) is 0 Å². The highest BCUT2D eigenvalue weighted by Crippen LogP contribution is 2.40. The van der Waals surface area contributed by atoms with Crippen LogP contribution in [-0.4, -0.2) is 13.7 Å². The summed E-state index contributed by atoms with van der Waals surface area (Å²) in [6.07, 6.45) is 0. The van der Waals surface area contributed by atoms with E-state index in [2.05, 4.69) is 164 Å². The number of para-hydroxylation sites is 5. The van der Waals surface area contributed by atoms with Gasteiger partial charge in [0.1, 0.15) is 6.07 Å². The molecule has 0 fully saturated rings. The lowest BCUT2D eigenvalue weighted by molar-refractivity contribution is 1.16. The summed E-state index contributed by atoms with van der Waals surface area (Å²) in [5.74, 6) is 0. The van der Waals surface area contributed by atoms with Crippen molar-refractivity contribution in [2.75, 3.05) is 0 Å². The first-order chi connectivity index (χ1) is 27.2. The Hall–Kier alpha value is -7.86. The van der Waals surface area contributed by atoms with E-state index in [1.54, 1.807) is 0 Å². The predicted molar refractivity (Wildman–Crippen MR) is 226 cm³/mol. The first-order valence-corrected chi connectivity index (χ1v) is 18.3. The molecule has 0 radical (unpaired) electrons. The Balaban J connectivity index is 1.10. The molecule has 5 heteroatoms. The molecule has 11 aromatic rings. The van der Waals surface area contributed by atoms with Gasteiger partial charge >= 0.3 is 0 Å². The Morgan fingerprint density at radius 1 is 0.418 bits per heavy atom. The summed E-state index contributed by atoms with van der Waals surface area (Å²) in [6, 6.07) is 63.7.